The van der Waals surface area contributed by atoms with Gasteiger partial charge in [0.1, 0.15) is 0 Å². The lowest BCUT2D eigenvalue weighted by Gasteiger charge is -2.06. The molecule has 0 fully saturated rings. The van der Waals surface area contributed by atoms with E-state index in [1.54, 1.807) is 0 Å². The molecule has 0 bridgehead atoms. The van der Waals surface area contributed by atoms with Gasteiger partial charge in [0.15, 0.2) is 0 Å². The fraction of sp³-hybridized carbons (Fsp3) is 0.529. The van der Waals surface area contributed by atoms with Crippen LogP contribution in [0.5, 0.6) is 0 Å². The van der Waals surface area contributed by atoms with Crippen LogP contribution in [0.3, 0.4) is 0 Å². The number of hydrogen-bond donors (Lipinski definition) is 0. The topological polar surface area (TPSA) is 0 Å². The van der Waals surface area contributed by atoms with Crippen molar-refractivity contribution >= 4 is 6.08 Å². The first-order valence-electron chi connectivity index (χ1n) is 6.89. The summed E-state index contributed by atoms with van der Waals surface area (Å²) in [6.45, 7) is 8.85. The number of unbranched alkanes of at least 4 members (excludes halogenated alkanes) is 4. The molecule has 0 aliphatic rings. The van der Waals surface area contributed by atoms with E-state index in [0.29, 0.717) is 0 Å². The van der Waals surface area contributed by atoms with E-state index >= 15 is 0 Å². The van der Waals surface area contributed by atoms with Crippen molar-refractivity contribution in [3.63, 3.8) is 0 Å². The van der Waals surface area contributed by atoms with Crippen molar-refractivity contribution in [1.82, 2.24) is 0 Å². The lowest BCUT2D eigenvalue weighted by molar-refractivity contribution is 0.675. The second-order valence-electron chi connectivity index (χ2n) is 5.03. The zero-order valence-electron chi connectivity index (χ0n) is 11.8. The second-order valence-corrected chi connectivity index (χ2v) is 5.03. The van der Waals surface area contributed by atoms with Crippen molar-refractivity contribution in [1.29, 1.82) is 0 Å². The average molecular weight is 230 g/mol. The normalized spacial score (nSPS) is 11.3. The van der Waals surface area contributed by atoms with Crippen molar-refractivity contribution in [3.8, 4) is 0 Å². The minimum Gasteiger partial charge on any atom is -0.0839 e. The van der Waals surface area contributed by atoms with Crippen LogP contribution in [-0.2, 0) is 0 Å². The van der Waals surface area contributed by atoms with Crippen molar-refractivity contribution in [2.45, 2.75) is 59.8 Å². The van der Waals surface area contributed by atoms with Crippen LogP contribution in [0, 0.1) is 20.8 Å². The molecule has 0 aromatic heterocycles. The summed E-state index contributed by atoms with van der Waals surface area (Å²) in [6, 6.07) is 4.57. The first-order chi connectivity index (χ1) is 8.15. The monoisotopic (exact) mass is 230 g/mol. The zero-order valence-corrected chi connectivity index (χ0v) is 11.8. The van der Waals surface area contributed by atoms with Gasteiger partial charge in [0.2, 0.25) is 0 Å². The highest BCUT2D eigenvalue weighted by Gasteiger charge is 1.98. The van der Waals surface area contributed by atoms with Gasteiger partial charge >= 0.3 is 0 Å². The Morgan fingerprint density at radius 2 is 1.59 bits per heavy atom. The predicted octanol–water partition coefficient (Wildman–Crippen LogP) is 5.60. The van der Waals surface area contributed by atoms with Crippen molar-refractivity contribution in [2.24, 2.45) is 0 Å². The van der Waals surface area contributed by atoms with E-state index < -0.39 is 0 Å². The Hall–Kier alpha value is -1.04. The number of aryl methyl sites for hydroxylation is 2. The minimum atomic E-state index is 1.21. The molecule has 0 saturated heterocycles. The number of rotatable bonds is 6. The third-order valence-corrected chi connectivity index (χ3v) is 3.48. The molecule has 0 saturated carbocycles. The highest BCUT2D eigenvalue weighted by molar-refractivity contribution is 5.53. The number of allylic oxidation sites excluding steroid dienone is 1. The van der Waals surface area contributed by atoms with Gasteiger partial charge in [0.25, 0.3) is 0 Å². The van der Waals surface area contributed by atoms with E-state index in [1.807, 2.05) is 0 Å². The number of hydrogen-bond acceptors (Lipinski definition) is 0. The fourth-order valence-corrected chi connectivity index (χ4v) is 2.07. The molecule has 0 nitrogen and oxygen atoms in total. The maximum Gasteiger partial charge on any atom is -0.0254 e. The summed E-state index contributed by atoms with van der Waals surface area (Å²) >= 11 is 0. The summed E-state index contributed by atoms with van der Waals surface area (Å²) < 4.78 is 0. The Kier molecular flexibility index (Phi) is 6.04. The minimum absolute atomic E-state index is 1.21. The van der Waals surface area contributed by atoms with Crippen LogP contribution in [0.1, 0.15) is 61.3 Å². The van der Waals surface area contributed by atoms with Gasteiger partial charge in [-0.1, -0.05) is 50.5 Å². The van der Waals surface area contributed by atoms with Crippen LogP contribution >= 0.6 is 0 Å². The molecule has 0 amide bonds. The molecule has 0 N–H and O–H groups in total. The molecular weight excluding hydrogens is 204 g/mol. The third-order valence-electron chi connectivity index (χ3n) is 3.48. The Balaban J connectivity index is 2.48. The highest BCUT2D eigenvalue weighted by atomic mass is 14.0. The van der Waals surface area contributed by atoms with Gasteiger partial charge in [-0.05, 0) is 55.9 Å². The summed E-state index contributed by atoms with van der Waals surface area (Å²) in [5.41, 5.74) is 5.57. The van der Waals surface area contributed by atoms with E-state index in [9.17, 15) is 0 Å². The summed E-state index contributed by atoms with van der Waals surface area (Å²) in [7, 11) is 0. The average Bonchev–Trinajstić information content (AvgIpc) is 2.30. The Labute approximate surface area is 107 Å². The maximum absolute atomic E-state index is 2.32. The standard InChI is InChI=1S/C17H26/c1-5-6-7-8-9-10-11-17-12-14(2)16(4)15(3)13-17/h10-13H,5-9H2,1-4H3. The molecule has 0 radical (unpaired) electrons. The van der Waals surface area contributed by atoms with Crippen LogP contribution in [0.15, 0.2) is 18.2 Å². The van der Waals surface area contributed by atoms with Crippen LogP contribution in [0.2, 0.25) is 0 Å². The van der Waals surface area contributed by atoms with E-state index in [2.05, 4.69) is 52.0 Å². The Morgan fingerprint density at radius 1 is 0.941 bits per heavy atom. The molecule has 0 spiro atoms. The lowest BCUT2D eigenvalue weighted by Crippen LogP contribution is -1.87. The Bertz CT molecular complexity index is 349. The van der Waals surface area contributed by atoms with Gasteiger partial charge < -0.3 is 0 Å². The SMILES string of the molecule is CCCCCCC=Cc1cc(C)c(C)c(C)c1. The smallest absolute Gasteiger partial charge is 0.0254 e. The van der Waals surface area contributed by atoms with E-state index in [-0.39, 0.29) is 0 Å². The first kappa shape index (κ1) is 14.0. The van der Waals surface area contributed by atoms with Crippen molar-refractivity contribution < 1.29 is 0 Å². The van der Waals surface area contributed by atoms with E-state index in [0.717, 1.165) is 0 Å². The van der Waals surface area contributed by atoms with E-state index in [1.165, 1.54) is 54.4 Å². The molecule has 0 unspecified atom stereocenters. The number of benzene rings is 1. The first-order valence-corrected chi connectivity index (χ1v) is 6.89. The molecular formula is C17H26. The van der Waals surface area contributed by atoms with Gasteiger partial charge in [0.05, 0.1) is 0 Å². The second kappa shape index (κ2) is 7.32. The van der Waals surface area contributed by atoms with Crippen LogP contribution < -0.4 is 0 Å². The summed E-state index contributed by atoms with van der Waals surface area (Å²) in [5, 5.41) is 0. The zero-order chi connectivity index (χ0) is 12.7. The summed E-state index contributed by atoms with van der Waals surface area (Å²) in [6.07, 6.45) is 11.2. The predicted molar refractivity (Wildman–Crippen MR) is 78.4 cm³/mol. The molecule has 94 valence electrons. The molecule has 1 rings (SSSR count). The fourth-order valence-electron chi connectivity index (χ4n) is 2.07. The molecule has 0 atom stereocenters. The third kappa shape index (κ3) is 4.77. The van der Waals surface area contributed by atoms with Crippen LogP contribution in [0.4, 0.5) is 0 Å². The molecule has 1 aromatic carbocycles. The molecule has 0 heterocycles. The van der Waals surface area contributed by atoms with E-state index in [4.69, 9.17) is 0 Å². The maximum atomic E-state index is 2.32. The Morgan fingerprint density at radius 3 is 2.18 bits per heavy atom. The van der Waals surface area contributed by atoms with Gasteiger partial charge in [0, 0.05) is 0 Å². The van der Waals surface area contributed by atoms with Crippen LogP contribution in [-0.4, -0.2) is 0 Å². The van der Waals surface area contributed by atoms with Crippen molar-refractivity contribution in [2.75, 3.05) is 0 Å². The largest absolute Gasteiger partial charge is 0.0839 e. The van der Waals surface area contributed by atoms with Gasteiger partial charge in [-0.15, -0.1) is 0 Å². The highest BCUT2D eigenvalue weighted by Crippen LogP contribution is 2.16. The summed E-state index contributed by atoms with van der Waals surface area (Å²) in [4.78, 5) is 0. The molecule has 0 aliphatic carbocycles. The lowest BCUT2D eigenvalue weighted by atomic mass is 10.00. The molecule has 1 aromatic rings. The van der Waals surface area contributed by atoms with Gasteiger partial charge in [-0.25, -0.2) is 0 Å². The van der Waals surface area contributed by atoms with Gasteiger partial charge in [-0.3, -0.25) is 0 Å². The summed E-state index contributed by atoms with van der Waals surface area (Å²) in [5.74, 6) is 0. The molecule has 0 aliphatic heterocycles. The van der Waals surface area contributed by atoms with Crippen molar-refractivity contribution in [3.05, 3.63) is 40.5 Å². The molecule has 0 heteroatoms. The van der Waals surface area contributed by atoms with Gasteiger partial charge in [-0.2, -0.15) is 0 Å². The molecule has 17 heavy (non-hydrogen) atoms. The van der Waals surface area contributed by atoms with Crippen LogP contribution in [0.25, 0.3) is 6.08 Å². The quantitative estimate of drug-likeness (QED) is 0.558.